The highest BCUT2D eigenvalue weighted by atomic mass is 16.3. The molecular formula is C48H32N4O. The summed E-state index contributed by atoms with van der Waals surface area (Å²) in [5, 5.41) is 3.39. The molecule has 0 N–H and O–H groups in total. The van der Waals surface area contributed by atoms with Gasteiger partial charge in [-0.2, -0.15) is 0 Å². The predicted octanol–water partition coefficient (Wildman–Crippen LogP) is 12.4. The molecule has 0 aliphatic heterocycles. The van der Waals surface area contributed by atoms with E-state index in [1.165, 1.54) is 10.9 Å². The number of rotatable bonds is 6. The number of pyridine rings is 1. The molecule has 0 amide bonds. The molecule has 4 aromatic heterocycles. The highest BCUT2D eigenvalue weighted by Gasteiger charge is 2.16. The summed E-state index contributed by atoms with van der Waals surface area (Å²) < 4.78 is 8.79. The van der Waals surface area contributed by atoms with Crippen LogP contribution in [0.15, 0.2) is 181 Å². The molecule has 6 aromatic carbocycles. The van der Waals surface area contributed by atoms with E-state index in [-0.39, 0.29) is 0 Å². The van der Waals surface area contributed by atoms with Gasteiger partial charge in [-0.1, -0.05) is 109 Å². The zero-order chi connectivity index (χ0) is 35.3. The second-order valence-electron chi connectivity index (χ2n) is 13.4. The molecule has 5 nitrogen and oxygen atoms in total. The Morgan fingerprint density at radius 2 is 1.25 bits per heavy atom. The van der Waals surface area contributed by atoms with Crippen molar-refractivity contribution in [1.29, 1.82) is 0 Å². The van der Waals surface area contributed by atoms with E-state index in [1.807, 2.05) is 30.5 Å². The van der Waals surface area contributed by atoms with Gasteiger partial charge < -0.3 is 8.98 Å². The van der Waals surface area contributed by atoms with Crippen LogP contribution in [-0.4, -0.2) is 19.5 Å². The van der Waals surface area contributed by atoms with Crippen molar-refractivity contribution in [2.75, 3.05) is 0 Å². The van der Waals surface area contributed by atoms with Crippen molar-refractivity contribution in [3.63, 3.8) is 0 Å². The first-order valence-corrected chi connectivity index (χ1v) is 17.7. The summed E-state index contributed by atoms with van der Waals surface area (Å²) in [4.78, 5) is 14.4. The van der Waals surface area contributed by atoms with Gasteiger partial charge in [-0.05, 0) is 83.8 Å². The lowest BCUT2D eigenvalue weighted by atomic mass is 9.98. The third-order valence-electron chi connectivity index (χ3n) is 10.0. The summed E-state index contributed by atoms with van der Waals surface area (Å²) in [6.07, 6.45) is 5.80. The van der Waals surface area contributed by atoms with Gasteiger partial charge in [-0.15, -0.1) is 0 Å². The zero-order valence-electron chi connectivity index (χ0n) is 28.9. The van der Waals surface area contributed by atoms with E-state index in [0.717, 1.165) is 83.5 Å². The van der Waals surface area contributed by atoms with Crippen molar-refractivity contribution in [2.45, 2.75) is 6.92 Å². The Morgan fingerprint density at radius 1 is 0.509 bits per heavy atom. The number of hydrogen-bond acceptors (Lipinski definition) is 4. The average Bonchev–Trinajstić information content (AvgIpc) is 3.82. The van der Waals surface area contributed by atoms with Crippen LogP contribution in [0.1, 0.15) is 5.56 Å². The Balaban J connectivity index is 1.05. The minimum absolute atomic E-state index is 0.688. The standard InChI is InChI=1S/C48H32N4O/c1-31-15-21-44-38(26-31)23-25-52(44)45-14-6-13-40-41-28-36(20-22-46(41)53-47(40)45)35-10-5-11-37(27-35)43-29-42(50-48(51-43)34-8-3-2-4-9-34)33-18-16-32(17-19-33)39-12-7-24-49-30-39/h2-30H,1H3. The number of fused-ring (bicyclic) bond motifs is 4. The molecule has 4 heterocycles. The number of aryl methyl sites for hydroxylation is 1. The Labute approximate surface area is 306 Å². The first-order chi connectivity index (χ1) is 26.1. The minimum Gasteiger partial charge on any atom is -0.454 e. The van der Waals surface area contributed by atoms with Crippen LogP contribution in [-0.2, 0) is 0 Å². The Bertz CT molecular complexity index is 2940. The number of nitrogens with zero attached hydrogens (tertiary/aromatic N) is 4. The van der Waals surface area contributed by atoms with Crippen molar-refractivity contribution < 1.29 is 4.42 Å². The third kappa shape index (κ3) is 5.56. The number of hydrogen-bond donors (Lipinski definition) is 0. The third-order valence-corrected chi connectivity index (χ3v) is 10.0. The molecule has 0 atom stereocenters. The van der Waals surface area contributed by atoms with Crippen LogP contribution in [0.5, 0.6) is 0 Å². The van der Waals surface area contributed by atoms with Crippen LogP contribution in [0.2, 0.25) is 0 Å². The van der Waals surface area contributed by atoms with Gasteiger partial charge >= 0.3 is 0 Å². The molecular weight excluding hydrogens is 649 g/mol. The average molecular weight is 681 g/mol. The summed E-state index contributed by atoms with van der Waals surface area (Å²) >= 11 is 0. The fourth-order valence-corrected chi connectivity index (χ4v) is 7.31. The molecule has 0 bridgehead atoms. The van der Waals surface area contributed by atoms with Crippen LogP contribution in [0, 0.1) is 6.92 Å². The Morgan fingerprint density at radius 3 is 2.09 bits per heavy atom. The first kappa shape index (κ1) is 30.7. The SMILES string of the molecule is Cc1ccc2c(ccn2-c2cccc3c2oc2ccc(-c4cccc(-c5cc(-c6ccc(-c7cccnc7)cc6)nc(-c6ccccc6)n5)c4)cc23)c1. The van der Waals surface area contributed by atoms with Gasteiger partial charge in [-0.3, -0.25) is 4.98 Å². The number of aromatic nitrogens is 4. The zero-order valence-corrected chi connectivity index (χ0v) is 28.9. The summed E-state index contributed by atoms with van der Waals surface area (Å²) in [7, 11) is 0. The van der Waals surface area contributed by atoms with E-state index in [4.69, 9.17) is 14.4 Å². The molecule has 10 rings (SSSR count). The summed E-state index contributed by atoms with van der Waals surface area (Å²) in [5.74, 6) is 0.688. The number of para-hydroxylation sites is 1. The van der Waals surface area contributed by atoms with E-state index in [2.05, 4.69) is 156 Å². The van der Waals surface area contributed by atoms with Gasteiger partial charge in [0.05, 0.1) is 22.6 Å². The molecule has 0 saturated carbocycles. The lowest BCUT2D eigenvalue weighted by molar-refractivity contribution is 0.666. The lowest BCUT2D eigenvalue weighted by Gasteiger charge is -2.11. The first-order valence-electron chi connectivity index (χ1n) is 17.7. The summed E-state index contributed by atoms with van der Waals surface area (Å²) in [6.45, 7) is 2.13. The van der Waals surface area contributed by atoms with Crippen LogP contribution >= 0.6 is 0 Å². The molecule has 250 valence electrons. The highest BCUT2D eigenvalue weighted by molar-refractivity contribution is 6.09. The van der Waals surface area contributed by atoms with E-state index in [0.29, 0.717) is 5.82 Å². The fourth-order valence-electron chi connectivity index (χ4n) is 7.31. The van der Waals surface area contributed by atoms with E-state index in [1.54, 1.807) is 6.20 Å². The largest absolute Gasteiger partial charge is 0.454 e. The Hall–Kier alpha value is -7.11. The summed E-state index contributed by atoms with van der Waals surface area (Å²) in [6, 6.07) is 55.0. The number of benzene rings is 6. The number of furan rings is 1. The van der Waals surface area contributed by atoms with Gasteiger partial charge in [0.2, 0.25) is 0 Å². The summed E-state index contributed by atoms with van der Waals surface area (Å²) in [5.41, 5.74) is 14.3. The quantitative estimate of drug-likeness (QED) is 0.175. The fraction of sp³-hybridized carbons (Fsp3) is 0.0208. The second-order valence-corrected chi connectivity index (χ2v) is 13.4. The second kappa shape index (κ2) is 12.6. The molecule has 0 aliphatic rings. The van der Waals surface area contributed by atoms with Gasteiger partial charge in [0.25, 0.3) is 0 Å². The van der Waals surface area contributed by atoms with Crippen molar-refractivity contribution in [1.82, 2.24) is 19.5 Å². The van der Waals surface area contributed by atoms with Gasteiger partial charge in [-0.25, -0.2) is 9.97 Å². The monoisotopic (exact) mass is 680 g/mol. The molecule has 0 aliphatic carbocycles. The maximum absolute atomic E-state index is 6.57. The molecule has 0 radical (unpaired) electrons. The molecule has 0 saturated heterocycles. The maximum Gasteiger partial charge on any atom is 0.160 e. The minimum atomic E-state index is 0.688. The van der Waals surface area contributed by atoms with Gasteiger partial charge in [0.15, 0.2) is 11.4 Å². The van der Waals surface area contributed by atoms with E-state index in [9.17, 15) is 0 Å². The van der Waals surface area contributed by atoms with Crippen molar-refractivity contribution in [3.8, 4) is 61.8 Å². The predicted molar refractivity (Wildman–Crippen MR) is 216 cm³/mol. The van der Waals surface area contributed by atoms with E-state index >= 15 is 0 Å². The molecule has 10 aromatic rings. The topological polar surface area (TPSA) is 56.7 Å². The molecule has 0 unspecified atom stereocenters. The van der Waals surface area contributed by atoms with E-state index < -0.39 is 0 Å². The maximum atomic E-state index is 6.57. The molecule has 53 heavy (non-hydrogen) atoms. The molecule has 0 fully saturated rings. The van der Waals surface area contributed by atoms with Crippen LogP contribution in [0.3, 0.4) is 0 Å². The van der Waals surface area contributed by atoms with Crippen molar-refractivity contribution >= 4 is 32.8 Å². The van der Waals surface area contributed by atoms with Crippen molar-refractivity contribution in [3.05, 3.63) is 182 Å². The van der Waals surface area contributed by atoms with Gasteiger partial charge in [0.1, 0.15) is 5.58 Å². The van der Waals surface area contributed by atoms with Gasteiger partial charge in [0, 0.05) is 51.4 Å². The van der Waals surface area contributed by atoms with Crippen LogP contribution in [0.25, 0.3) is 94.7 Å². The highest BCUT2D eigenvalue weighted by Crippen LogP contribution is 2.37. The molecule has 0 spiro atoms. The van der Waals surface area contributed by atoms with Crippen molar-refractivity contribution in [2.24, 2.45) is 0 Å². The lowest BCUT2D eigenvalue weighted by Crippen LogP contribution is -1.96. The normalized spacial score (nSPS) is 11.5. The van der Waals surface area contributed by atoms with Crippen LogP contribution < -0.4 is 0 Å². The Kier molecular flexibility index (Phi) is 7.29. The molecule has 5 heteroatoms. The smallest absolute Gasteiger partial charge is 0.160 e. The van der Waals surface area contributed by atoms with Crippen LogP contribution in [0.4, 0.5) is 0 Å².